The molecular formula is C46H30N2O4. The van der Waals surface area contributed by atoms with Crippen LogP contribution in [0.5, 0.6) is 34.5 Å². The first-order valence-electron chi connectivity index (χ1n) is 16.3. The third-order valence-corrected chi connectivity index (χ3v) is 8.01. The maximum Gasteiger partial charge on any atom is 0.144 e. The van der Waals surface area contributed by atoms with Crippen molar-refractivity contribution in [2.75, 3.05) is 11.5 Å². The van der Waals surface area contributed by atoms with Crippen molar-refractivity contribution in [3.8, 4) is 70.0 Å². The van der Waals surface area contributed by atoms with Gasteiger partial charge in [-0.05, 0) is 78.2 Å². The second-order valence-corrected chi connectivity index (χ2v) is 11.7. The van der Waals surface area contributed by atoms with Crippen LogP contribution >= 0.6 is 0 Å². The predicted molar refractivity (Wildman–Crippen MR) is 206 cm³/mol. The summed E-state index contributed by atoms with van der Waals surface area (Å²) in [5, 5.41) is 22.2. The predicted octanol–water partition coefficient (Wildman–Crippen LogP) is 9.20. The highest BCUT2D eigenvalue weighted by Crippen LogP contribution is 2.40. The Morgan fingerprint density at radius 3 is 1.33 bits per heavy atom. The minimum atomic E-state index is -0.103. The maximum atomic E-state index is 10.4. The fourth-order valence-electron chi connectivity index (χ4n) is 5.39. The lowest BCUT2D eigenvalue weighted by Crippen LogP contribution is -1.99. The molecule has 7 aromatic rings. The highest BCUT2D eigenvalue weighted by atomic mass is 16.5. The lowest BCUT2D eigenvalue weighted by molar-refractivity contribution is 0.455. The van der Waals surface area contributed by atoms with Gasteiger partial charge < -0.3 is 31.2 Å². The molecule has 0 aliphatic rings. The molecular weight excluding hydrogens is 645 g/mol. The van der Waals surface area contributed by atoms with Crippen molar-refractivity contribution in [3.63, 3.8) is 0 Å². The van der Waals surface area contributed by atoms with Crippen molar-refractivity contribution in [2.45, 2.75) is 0 Å². The van der Waals surface area contributed by atoms with Gasteiger partial charge in [-0.25, -0.2) is 0 Å². The average molecular weight is 675 g/mol. The Hall–Kier alpha value is -7.72. The quantitative estimate of drug-likeness (QED) is 0.0842. The molecule has 0 spiro atoms. The van der Waals surface area contributed by atoms with E-state index in [1.165, 1.54) is 12.1 Å². The summed E-state index contributed by atoms with van der Waals surface area (Å²) in [4.78, 5) is 0. The minimum absolute atomic E-state index is 0.0985. The first-order chi connectivity index (χ1) is 25.4. The van der Waals surface area contributed by atoms with Crippen LogP contribution in [-0.2, 0) is 0 Å². The molecule has 0 fully saturated rings. The fourth-order valence-corrected chi connectivity index (χ4v) is 5.39. The number of hydrogen-bond acceptors (Lipinski definition) is 6. The monoisotopic (exact) mass is 674 g/mol. The molecule has 0 aliphatic carbocycles. The molecule has 52 heavy (non-hydrogen) atoms. The van der Waals surface area contributed by atoms with Gasteiger partial charge in [-0.3, -0.25) is 0 Å². The van der Waals surface area contributed by atoms with E-state index in [-0.39, 0.29) is 22.9 Å². The summed E-state index contributed by atoms with van der Waals surface area (Å²) in [5.41, 5.74) is 16.3. The lowest BCUT2D eigenvalue weighted by atomic mass is 9.93. The summed E-state index contributed by atoms with van der Waals surface area (Å²) in [7, 11) is 0. The van der Waals surface area contributed by atoms with Crippen LogP contribution in [0.4, 0.5) is 11.4 Å². The smallest absolute Gasteiger partial charge is 0.144 e. The first kappa shape index (κ1) is 32.8. The van der Waals surface area contributed by atoms with Gasteiger partial charge in [0, 0.05) is 34.2 Å². The van der Waals surface area contributed by atoms with Crippen LogP contribution in [0.15, 0.2) is 146 Å². The maximum absolute atomic E-state index is 10.4. The van der Waals surface area contributed by atoms with Gasteiger partial charge in [-0.1, -0.05) is 96.2 Å². The van der Waals surface area contributed by atoms with Gasteiger partial charge in [0.25, 0.3) is 0 Å². The van der Waals surface area contributed by atoms with Gasteiger partial charge in [0.15, 0.2) is 0 Å². The Labute approximate surface area is 301 Å². The van der Waals surface area contributed by atoms with Gasteiger partial charge in [-0.2, -0.15) is 0 Å². The molecule has 0 aliphatic heterocycles. The third-order valence-electron chi connectivity index (χ3n) is 8.01. The number of aromatic hydroxyl groups is 2. The normalized spacial score (nSPS) is 10.2. The van der Waals surface area contributed by atoms with E-state index in [4.69, 9.17) is 20.9 Å². The first-order valence-corrected chi connectivity index (χ1v) is 16.3. The van der Waals surface area contributed by atoms with Crippen LogP contribution in [-0.4, -0.2) is 10.2 Å². The molecule has 0 saturated heterocycles. The second kappa shape index (κ2) is 14.8. The minimum Gasteiger partial charge on any atom is -0.506 e. The molecule has 0 radical (unpaired) electrons. The molecule has 7 aromatic carbocycles. The summed E-state index contributed by atoms with van der Waals surface area (Å²) < 4.78 is 12.9. The average Bonchev–Trinajstić information content (AvgIpc) is 3.17. The number of fused-ring (bicyclic) bond motifs is 1. The zero-order valence-electron chi connectivity index (χ0n) is 27.7. The number of ether oxygens (including phenoxy) is 2. The molecule has 6 N–H and O–H groups in total. The lowest BCUT2D eigenvalue weighted by Gasteiger charge is -2.16. The molecule has 7 rings (SSSR count). The van der Waals surface area contributed by atoms with Gasteiger partial charge >= 0.3 is 0 Å². The summed E-state index contributed by atoms with van der Waals surface area (Å²) in [6.07, 6.45) is 0. The SMILES string of the molecule is Nc1ccc(Oc2cc3ccc(Oc4ccc(N)c(O)c4)c(C#Cc4ccccc4)c3c(C#Cc3ccccc3)c2C#Cc2ccccc2)cc1O. The van der Waals surface area contributed by atoms with Crippen LogP contribution in [0, 0.1) is 35.5 Å². The standard InChI is InChI=1S/C46H30N2O4/c47-40-25-20-35(29-42(40)49)51-44-27-19-34-28-45(52-36-21-26-41(48)43(50)30-36)37(22-16-31-10-4-1-5-11-31)38(23-17-32-12-6-2-7-13-32)46(34)39(44)24-18-33-14-8-3-9-15-33/h1-15,19-21,25-30,49-50H,47-48H2. The molecule has 0 saturated carbocycles. The van der Waals surface area contributed by atoms with Crippen LogP contribution in [0.25, 0.3) is 10.8 Å². The zero-order chi connectivity index (χ0) is 35.9. The van der Waals surface area contributed by atoms with Crippen LogP contribution in [0.3, 0.4) is 0 Å². The molecule has 0 atom stereocenters. The largest absolute Gasteiger partial charge is 0.506 e. The van der Waals surface area contributed by atoms with E-state index in [2.05, 4.69) is 35.5 Å². The van der Waals surface area contributed by atoms with Crippen LogP contribution in [0.2, 0.25) is 0 Å². The van der Waals surface area contributed by atoms with Crippen molar-refractivity contribution in [3.05, 3.63) is 179 Å². The topological polar surface area (TPSA) is 111 Å². The number of anilines is 2. The van der Waals surface area contributed by atoms with E-state index in [1.807, 2.05) is 109 Å². The van der Waals surface area contributed by atoms with Gasteiger partial charge in [0.1, 0.15) is 34.5 Å². The molecule has 0 unspecified atom stereocenters. The summed E-state index contributed by atoms with van der Waals surface area (Å²) >= 11 is 0. The Balaban J connectivity index is 1.55. The Kier molecular flexibility index (Phi) is 9.34. The van der Waals surface area contributed by atoms with E-state index < -0.39 is 0 Å². The van der Waals surface area contributed by atoms with Crippen LogP contribution < -0.4 is 20.9 Å². The number of benzene rings is 7. The number of nitrogen functional groups attached to an aromatic ring is 2. The fraction of sp³-hybridized carbons (Fsp3) is 0. The molecule has 0 aromatic heterocycles. The summed E-state index contributed by atoms with van der Waals surface area (Å²) in [6, 6.07) is 43.9. The van der Waals surface area contributed by atoms with Gasteiger partial charge in [0.2, 0.25) is 0 Å². The number of rotatable bonds is 4. The molecule has 0 heterocycles. The van der Waals surface area contributed by atoms with Crippen molar-refractivity contribution in [1.29, 1.82) is 0 Å². The van der Waals surface area contributed by atoms with Crippen molar-refractivity contribution in [2.24, 2.45) is 0 Å². The number of phenols is 2. The Morgan fingerprint density at radius 2 is 0.846 bits per heavy atom. The highest BCUT2D eigenvalue weighted by molar-refractivity contribution is 5.99. The third kappa shape index (κ3) is 7.46. The zero-order valence-corrected chi connectivity index (χ0v) is 27.7. The Bertz CT molecular complexity index is 2620. The van der Waals surface area contributed by atoms with E-state index in [9.17, 15) is 10.2 Å². The molecule has 6 heteroatoms. The molecule has 0 bridgehead atoms. The van der Waals surface area contributed by atoms with Crippen LogP contribution in [0.1, 0.15) is 33.4 Å². The van der Waals surface area contributed by atoms with Gasteiger partial charge in [0.05, 0.1) is 28.1 Å². The number of nitrogens with two attached hydrogens (primary N) is 2. The van der Waals surface area contributed by atoms with E-state index in [0.717, 1.165) is 22.1 Å². The number of phenolic OH excluding ortho intramolecular Hbond substituents is 2. The van der Waals surface area contributed by atoms with E-state index in [0.29, 0.717) is 45.1 Å². The van der Waals surface area contributed by atoms with E-state index in [1.54, 1.807) is 24.3 Å². The summed E-state index contributed by atoms with van der Waals surface area (Å²) in [5.74, 6) is 21.4. The van der Waals surface area contributed by atoms with Crippen molar-refractivity contribution < 1.29 is 19.7 Å². The highest BCUT2D eigenvalue weighted by Gasteiger charge is 2.20. The molecule has 0 amide bonds. The van der Waals surface area contributed by atoms with Crippen molar-refractivity contribution in [1.82, 2.24) is 0 Å². The summed E-state index contributed by atoms with van der Waals surface area (Å²) in [6.45, 7) is 0. The van der Waals surface area contributed by atoms with Crippen molar-refractivity contribution >= 4 is 22.1 Å². The Morgan fingerprint density at radius 1 is 0.404 bits per heavy atom. The molecule has 6 nitrogen and oxygen atoms in total. The van der Waals surface area contributed by atoms with Gasteiger partial charge in [-0.15, -0.1) is 0 Å². The number of hydrogen-bond donors (Lipinski definition) is 4. The second-order valence-electron chi connectivity index (χ2n) is 11.7. The molecule has 248 valence electrons. The van der Waals surface area contributed by atoms with E-state index >= 15 is 0 Å².